The van der Waals surface area contributed by atoms with Crippen molar-refractivity contribution in [1.29, 1.82) is 0 Å². The molecule has 0 N–H and O–H groups in total. The first-order valence-electron chi connectivity index (χ1n) is 10.5. The molecule has 0 saturated carbocycles. The summed E-state index contributed by atoms with van der Waals surface area (Å²) in [4.78, 5) is 4.87. The predicted molar refractivity (Wildman–Crippen MR) is 133 cm³/mol. The topological polar surface area (TPSA) is 6.48 Å². The average molecular weight is 486 g/mol. The summed E-state index contributed by atoms with van der Waals surface area (Å²) in [6.07, 6.45) is 12.6. The van der Waals surface area contributed by atoms with Gasteiger partial charge in [0, 0.05) is 29.7 Å². The zero-order chi connectivity index (χ0) is 18.5. The van der Waals surface area contributed by atoms with Crippen LogP contribution in [0.2, 0.25) is 0 Å². The summed E-state index contributed by atoms with van der Waals surface area (Å²) in [6, 6.07) is 19.8. The van der Waals surface area contributed by atoms with Crippen molar-refractivity contribution in [3.8, 4) is 0 Å². The molecule has 2 nitrogen and oxygen atoms in total. The maximum atomic E-state index is 2.45. The van der Waals surface area contributed by atoms with E-state index in [-0.39, 0.29) is 24.0 Å². The van der Waals surface area contributed by atoms with Gasteiger partial charge in [0.05, 0.1) is 12.4 Å². The van der Waals surface area contributed by atoms with Crippen LogP contribution in [0, 0.1) is 0 Å². The molecule has 0 bridgehead atoms. The van der Waals surface area contributed by atoms with E-state index in [1.54, 1.807) is 0 Å². The van der Waals surface area contributed by atoms with Crippen LogP contribution < -0.4 is 4.90 Å². The van der Waals surface area contributed by atoms with E-state index in [9.17, 15) is 0 Å². The number of nitrogens with zero attached hydrogens (tertiary/aromatic N) is 2. The van der Waals surface area contributed by atoms with Crippen LogP contribution in [-0.2, 0) is 0 Å². The van der Waals surface area contributed by atoms with Crippen LogP contribution in [-0.4, -0.2) is 18.1 Å². The second-order valence-corrected chi connectivity index (χ2v) is 7.66. The fourth-order valence-electron chi connectivity index (χ4n) is 4.15. The van der Waals surface area contributed by atoms with Crippen LogP contribution in [0.25, 0.3) is 21.5 Å². The Hall–Kier alpha value is -1.75. The first kappa shape index (κ1) is 21.0. The predicted octanol–water partition coefficient (Wildman–Crippen LogP) is 7.52. The van der Waals surface area contributed by atoms with Crippen molar-refractivity contribution in [3.05, 3.63) is 67.0 Å². The van der Waals surface area contributed by atoms with Crippen LogP contribution in [0.4, 0.5) is 5.69 Å². The van der Waals surface area contributed by atoms with Gasteiger partial charge in [0.25, 0.3) is 0 Å². The van der Waals surface area contributed by atoms with Crippen molar-refractivity contribution < 1.29 is 0 Å². The third-order valence-corrected chi connectivity index (χ3v) is 5.62. The van der Waals surface area contributed by atoms with Crippen LogP contribution in [0.15, 0.2) is 67.0 Å². The Balaban J connectivity index is 0.00000225. The maximum absolute atomic E-state index is 2.45. The van der Waals surface area contributed by atoms with Crippen molar-refractivity contribution in [2.75, 3.05) is 18.1 Å². The first-order valence-corrected chi connectivity index (χ1v) is 10.5. The van der Waals surface area contributed by atoms with E-state index in [4.69, 9.17) is 0 Å². The maximum Gasteiger partial charge on any atom is 0.0942 e. The zero-order valence-corrected chi connectivity index (χ0v) is 19.1. The molecule has 28 heavy (non-hydrogen) atoms. The lowest BCUT2D eigenvalue weighted by Crippen LogP contribution is -2.26. The third-order valence-electron chi connectivity index (χ3n) is 5.62. The van der Waals surface area contributed by atoms with Crippen molar-refractivity contribution in [3.63, 3.8) is 0 Å². The summed E-state index contributed by atoms with van der Waals surface area (Å²) in [5, 5.41) is 5.30. The number of benzene rings is 3. The smallest absolute Gasteiger partial charge is 0.0942 e. The van der Waals surface area contributed by atoms with E-state index in [1.807, 2.05) is 0 Å². The number of hydrogen-bond acceptors (Lipinski definition) is 2. The molecular weight excluding hydrogens is 455 g/mol. The van der Waals surface area contributed by atoms with Crippen molar-refractivity contribution in [2.24, 2.45) is 0 Å². The molecule has 0 saturated heterocycles. The Bertz CT molecular complexity index is 880. The third kappa shape index (κ3) is 4.62. The molecule has 4 rings (SSSR count). The Labute approximate surface area is 186 Å². The zero-order valence-electron chi connectivity index (χ0n) is 16.8. The van der Waals surface area contributed by atoms with E-state index >= 15 is 0 Å². The Morgan fingerprint density at radius 2 is 1.36 bits per heavy atom. The molecule has 1 aliphatic rings. The summed E-state index contributed by atoms with van der Waals surface area (Å²) in [6.45, 7) is 4.38. The molecule has 0 atom stereocenters. The van der Waals surface area contributed by atoms with Crippen molar-refractivity contribution >= 4 is 51.2 Å². The van der Waals surface area contributed by atoms with E-state index in [0.717, 1.165) is 13.2 Å². The van der Waals surface area contributed by atoms with Gasteiger partial charge in [-0.3, -0.25) is 0 Å². The quantitative estimate of drug-likeness (QED) is 0.185. The normalized spacial score (nSPS) is 13.5. The molecule has 0 unspecified atom stereocenters. The summed E-state index contributed by atoms with van der Waals surface area (Å²) >= 11 is 0. The van der Waals surface area contributed by atoms with E-state index < -0.39 is 0 Å². The lowest BCUT2D eigenvalue weighted by Gasteiger charge is -2.24. The van der Waals surface area contributed by atoms with Gasteiger partial charge < -0.3 is 9.80 Å². The second kappa shape index (κ2) is 10.1. The molecule has 0 fully saturated rings. The Morgan fingerprint density at radius 1 is 0.750 bits per heavy atom. The van der Waals surface area contributed by atoms with E-state index in [2.05, 4.69) is 83.7 Å². The molecule has 148 valence electrons. The molecule has 1 aliphatic heterocycles. The number of hydrogen-bond donors (Lipinski definition) is 0. The second-order valence-electron chi connectivity index (χ2n) is 7.66. The van der Waals surface area contributed by atoms with Crippen molar-refractivity contribution in [2.45, 2.75) is 45.4 Å². The molecular formula is C25H31IN2. The number of halogens is 1. The Kier molecular flexibility index (Phi) is 7.60. The summed E-state index contributed by atoms with van der Waals surface area (Å²) in [5.74, 6) is 0. The summed E-state index contributed by atoms with van der Waals surface area (Å²) < 4.78 is 0. The van der Waals surface area contributed by atoms with Crippen molar-refractivity contribution in [1.82, 2.24) is 4.90 Å². The van der Waals surface area contributed by atoms with Gasteiger partial charge in [-0.15, -0.1) is 24.0 Å². The fraction of sp³-hybridized carbons (Fsp3) is 0.360. The molecule has 1 heterocycles. The van der Waals surface area contributed by atoms with Crippen LogP contribution in [0.3, 0.4) is 0 Å². The first-order chi connectivity index (χ1) is 13.4. The van der Waals surface area contributed by atoms with Gasteiger partial charge in [-0.05, 0) is 23.3 Å². The van der Waals surface area contributed by atoms with Gasteiger partial charge in [0.1, 0.15) is 0 Å². The van der Waals surface area contributed by atoms with E-state index in [1.165, 1.54) is 65.8 Å². The molecule has 3 aromatic carbocycles. The van der Waals surface area contributed by atoms with Crippen LogP contribution in [0.5, 0.6) is 0 Å². The highest BCUT2D eigenvalue weighted by Crippen LogP contribution is 2.36. The Morgan fingerprint density at radius 3 is 2.04 bits per heavy atom. The molecule has 0 spiro atoms. The standard InChI is InChI=1S/C25H30N2.HI/c1-2-3-4-5-6-11-16-26-17-18-27(20-26)25-23-14-9-7-12-21(23)19-22-13-8-10-15-24(22)25;/h7-10,12-15,17-19H,2-6,11,16,20H2,1H3;1H. The lowest BCUT2D eigenvalue weighted by atomic mass is 10.0. The SMILES string of the molecule is CCCCCCCCN1C=CN(c2c3ccccc3cc3ccccc23)C1.I. The summed E-state index contributed by atoms with van der Waals surface area (Å²) in [5.41, 5.74) is 1.34. The number of anilines is 1. The number of rotatable bonds is 8. The molecule has 0 aliphatic carbocycles. The largest absolute Gasteiger partial charge is 0.358 e. The minimum absolute atomic E-state index is 0. The highest BCUT2D eigenvalue weighted by molar-refractivity contribution is 14.0. The minimum atomic E-state index is 0. The lowest BCUT2D eigenvalue weighted by molar-refractivity contribution is 0.388. The average Bonchev–Trinajstić information content (AvgIpc) is 3.17. The highest BCUT2D eigenvalue weighted by atomic mass is 127. The fourth-order valence-corrected chi connectivity index (χ4v) is 4.15. The van der Waals surface area contributed by atoms with E-state index in [0.29, 0.717) is 0 Å². The molecule has 0 radical (unpaired) electrons. The van der Waals surface area contributed by atoms with Gasteiger partial charge in [-0.2, -0.15) is 0 Å². The molecule has 0 amide bonds. The van der Waals surface area contributed by atoms with Gasteiger partial charge in [-0.1, -0.05) is 87.6 Å². The summed E-state index contributed by atoms with van der Waals surface area (Å²) in [7, 11) is 0. The van der Waals surface area contributed by atoms with Gasteiger partial charge in [-0.25, -0.2) is 0 Å². The monoisotopic (exact) mass is 486 g/mol. The number of unbranched alkanes of at least 4 members (excludes halogenated alkanes) is 5. The van der Waals surface area contributed by atoms with Gasteiger partial charge in [0.15, 0.2) is 0 Å². The molecule has 0 aromatic heterocycles. The highest BCUT2D eigenvalue weighted by Gasteiger charge is 2.18. The minimum Gasteiger partial charge on any atom is -0.358 e. The molecule has 3 aromatic rings. The number of fused-ring (bicyclic) bond motifs is 2. The van der Waals surface area contributed by atoms with Crippen LogP contribution >= 0.6 is 24.0 Å². The van der Waals surface area contributed by atoms with Crippen LogP contribution in [0.1, 0.15) is 45.4 Å². The van der Waals surface area contributed by atoms with Gasteiger partial charge in [0.2, 0.25) is 0 Å². The molecule has 3 heteroatoms. The van der Waals surface area contributed by atoms with Gasteiger partial charge >= 0.3 is 0 Å².